The van der Waals surface area contributed by atoms with Crippen molar-refractivity contribution in [3.05, 3.63) is 0 Å². The minimum Gasteiger partial charge on any atom is -0.480 e. The number of carboxylic acids is 1. The third kappa shape index (κ3) is 5.44. The van der Waals surface area contributed by atoms with Crippen LogP contribution in [-0.4, -0.2) is 79.9 Å². The number of nitrogens with zero attached hydrogens (tertiary/aromatic N) is 2. The van der Waals surface area contributed by atoms with Crippen LogP contribution >= 0.6 is 0 Å². The van der Waals surface area contributed by atoms with E-state index in [1.807, 2.05) is 7.05 Å². The molecule has 0 unspecified atom stereocenters. The molecule has 7 heteroatoms. The van der Waals surface area contributed by atoms with Crippen LogP contribution in [0.4, 0.5) is 4.79 Å². The fraction of sp³-hybridized carbons (Fsp3) is 0.833. The van der Waals surface area contributed by atoms with E-state index in [4.69, 9.17) is 9.84 Å². The molecule has 1 saturated heterocycles. The molecule has 1 aliphatic heterocycles. The van der Waals surface area contributed by atoms with Crippen molar-refractivity contribution < 1.29 is 19.4 Å². The quantitative estimate of drug-likeness (QED) is 0.702. The lowest BCUT2D eigenvalue weighted by Gasteiger charge is -2.34. The predicted octanol–water partition coefficient (Wildman–Crippen LogP) is -0.177. The molecule has 0 saturated carbocycles. The van der Waals surface area contributed by atoms with Crippen molar-refractivity contribution in [1.82, 2.24) is 15.1 Å². The molecule has 0 bridgehead atoms. The topological polar surface area (TPSA) is 82.1 Å². The second-order valence-corrected chi connectivity index (χ2v) is 4.70. The Morgan fingerprint density at radius 1 is 1.42 bits per heavy atom. The Morgan fingerprint density at radius 2 is 2.05 bits per heavy atom. The molecule has 0 aromatic heterocycles. The van der Waals surface area contributed by atoms with Gasteiger partial charge in [-0.25, -0.2) is 9.59 Å². The summed E-state index contributed by atoms with van der Waals surface area (Å²) < 4.78 is 5.24. The minimum atomic E-state index is -0.953. The van der Waals surface area contributed by atoms with Crippen molar-refractivity contribution in [2.75, 3.05) is 46.9 Å². The number of carboxylic acid groups (broad SMARTS) is 1. The number of carbonyl (C=O) groups is 2. The number of carbonyl (C=O) groups excluding carboxylic acids is 1. The normalized spacial score (nSPS) is 16.4. The van der Waals surface area contributed by atoms with Gasteiger partial charge in [0.25, 0.3) is 0 Å². The molecule has 2 amide bonds. The Labute approximate surface area is 113 Å². The first-order valence-corrected chi connectivity index (χ1v) is 6.52. The Balaban J connectivity index is 2.28. The van der Waals surface area contributed by atoms with Crippen molar-refractivity contribution in [2.24, 2.45) is 0 Å². The lowest BCUT2D eigenvalue weighted by molar-refractivity contribution is -0.145. The van der Waals surface area contributed by atoms with Crippen LogP contribution in [0.3, 0.4) is 0 Å². The van der Waals surface area contributed by atoms with Crippen LogP contribution in [0.2, 0.25) is 0 Å². The predicted molar refractivity (Wildman–Crippen MR) is 70.1 cm³/mol. The first-order chi connectivity index (χ1) is 9.04. The summed E-state index contributed by atoms with van der Waals surface area (Å²) in [4.78, 5) is 25.9. The summed E-state index contributed by atoms with van der Waals surface area (Å²) in [5, 5.41) is 11.5. The summed E-state index contributed by atoms with van der Waals surface area (Å²) >= 11 is 0. The monoisotopic (exact) mass is 273 g/mol. The van der Waals surface area contributed by atoms with Gasteiger partial charge >= 0.3 is 12.0 Å². The number of nitrogens with one attached hydrogen (secondary N) is 1. The van der Waals surface area contributed by atoms with Crippen LogP contribution in [0, 0.1) is 0 Å². The van der Waals surface area contributed by atoms with Crippen LogP contribution in [0.15, 0.2) is 0 Å². The molecule has 0 radical (unpaired) electrons. The third-order valence-electron chi connectivity index (χ3n) is 3.18. The van der Waals surface area contributed by atoms with Gasteiger partial charge in [-0.1, -0.05) is 0 Å². The molecule has 0 spiro atoms. The summed E-state index contributed by atoms with van der Waals surface area (Å²) in [6.45, 7) is 2.41. The average molecular weight is 273 g/mol. The SMILES string of the molecule is CNCCN(C)C(=O)N1CCC(OCC(=O)O)CC1. The second-order valence-electron chi connectivity index (χ2n) is 4.70. The van der Waals surface area contributed by atoms with Crippen LogP contribution < -0.4 is 5.32 Å². The molecule has 1 rings (SSSR count). The highest BCUT2D eigenvalue weighted by Crippen LogP contribution is 2.14. The zero-order chi connectivity index (χ0) is 14.3. The molecule has 1 fully saturated rings. The number of hydrogen-bond donors (Lipinski definition) is 2. The van der Waals surface area contributed by atoms with E-state index in [0.717, 1.165) is 6.54 Å². The molecular formula is C12H23N3O4. The molecule has 7 nitrogen and oxygen atoms in total. The van der Waals surface area contributed by atoms with E-state index in [-0.39, 0.29) is 18.7 Å². The molecule has 1 aliphatic rings. The first-order valence-electron chi connectivity index (χ1n) is 6.52. The maximum absolute atomic E-state index is 12.1. The fourth-order valence-corrected chi connectivity index (χ4v) is 2.02. The van der Waals surface area contributed by atoms with Gasteiger partial charge in [0.05, 0.1) is 6.10 Å². The molecule has 110 valence electrons. The minimum absolute atomic E-state index is 0.0203. The van der Waals surface area contributed by atoms with Crippen LogP contribution in [-0.2, 0) is 9.53 Å². The first kappa shape index (κ1) is 15.7. The van der Waals surface area contributed by atoms with E-state index < -0.39 is 5.97 Å². The average Bonchev–Trinajstić information content (AvgIpc) is 2.42. The van der Waals surface area contributed by atoms with Gasteiger partial charge in [0.15, 0.2) is 0 Å². The van der Waals surface area contributed by atoms with Crippen molar-refractivity contribution in [3.8, 4) is 0 Å². The van der Waals surface area contributed by atoms with E-state index in [2.05, 4.69) is 5.32 Å². The van der Waals surface area contributed by atoms with Gasteiger partial charge in [-0.15, -0.1) is 0 Å². The number of piperidine rings is 1. The molecule has 0 aliphatic carbocycles. The highest BCUT2D eigenvalue weighted by atomic mass is 16.5. The largest absolute Gasteiger partial charge is 0.480 e. The lowest BCUT2D eigenvalue weighted by Crippen LogP contribution is -2.47. The Bertz CT molecular complexity index is 303. The molecule has 19 heavy (non-hydrogen) atoms. The van der Waals surface area contributed by atoms with E-state index in [0.29, 0.717) is 32.5 Å². The smallest absolute Gasteiger partial charge is 0.329 e. The number of likely N-dealkylation sites (N-methyl/N-ethyl adjacent to an activating group) is 2. The maximum Gasteiger partial charge on any atom is 0.329 e. The number of hydrogen-bond acceptors (Lipinski definition) is 4. The van der Waals surface area contributed by atoms with Gasteiger partial charge in [-0.05, 0) is 19.9 Å². The summed E-state index contributed by atoms with van der Waals surface area (Å²) in [6, 6.07) is 0.0203. The van der Waals surface area contributed by atoms with Crippen molar-refractivity contribution >= 4 is 12.0 Å². The molecule has 0 atom stereocenters. The molecular weight excluding hydrogens is 250 g/mol. The highest BCUT2D eigenvalue weighted by Gasteiger charge is 2.25. The van der Waals surface area contributed by atoms with Crippen molar-refractivity contribution in [2.45, 2.75) is 18.9 Å². The number of rotatable bonds is 6. The number of likely N-dealkylation sites (tertiary alicyclic amines) is 1. The van der Waals surface area contributed by atoms with E-state index in [1.54, 1.807) is 16.8 Å². The Kier molecular flexibility index (Phi) is 6.58. The van der Waals surface area contributed by atoms with Gasteiger partial charge < -0.3 is 25.0 Å². The van der Waals surface area contributed by atoms with Crippen LogP contribution in [0.1, 0.15) is 12.8 Å². The second kappa shape index (κ2) is 7.96. The molecule has 0 aromatic rings. The van der Waals surface area contributed by atoms with Gasteiger partial charge in [-0.2, -0.15) is 0 Å². The number of ether oxygens (including phenoxy) is 1. The summed E-state index contributed by atoms with van der Waals surface area (Å²) in [5.41, 5.74) is 0. The summed E-state index contributed by atoms with van der Waals surface area (Å²) in [5.74, 6) is -0.953. The zero-order valence-corrected chi connectivity index (χ0v) is 11.6. The zero-order valence-electron chi connectivity index (χ0n) is 11.6. The molecule has 0 aromatic carbocycles. The van der Waals surface area contributed by atoms with Crippen LogP contribution in [0.5, 0.6) is 0 Å². The molecule has 1 heterocycles. The Morgan fingerprint density at radius 3 is 2.58 bits per heavy atom. The van der Waals surface area contributed by atoms with Crippen LogP contribution in [0.25, 0.3) is 0 Å². The standard InChI is InChI=1S/C12H23N3O4/c1-13-5-8-14(2)12(18)15-6-3-10(4-7-15)19-9-11(16)17/h10,13H,3-9H2,1-2H3,(H,16,17). The van der Waals surface area contributed by atoms with Crippen molar-refractivity contribution in [3.63, 3.8) is 0 Å². The van der Waals surface area contributed by atoms with Gasteiger partial charge in [0.1, 0.15) is 6.61 Å². The van der Waals surface area contributed by atoms with Gasteiger partial charge in [-0.3, -0.25) is 0 Å². The fourth-order valence-electron chi connectivity index (χ4n) is 2.02. The molecule has 2 N–H and O–H groups in total. The summed E-state index contributed by atoms with van der Waals surface area (Å²) in [6.07, 6.45) is 1.33. The van der Waals surface area contributed by atoms with E-state index in [1.165, 1.54) is 0 Å². The highest BCUT2D eigenvalue weighted by molar-refractivity contribution is 5.74. The Hall–Kier alpha value is -1.34. The number of aliphatic carboxylic acids is 1. The van der Waals surface area contributed by atoms with Gasteiger partial charge in [0.2, 0.25) is 0 Å². The summed E-state index contributed by atoms with van der Waals surface area (Å²) in [7, 11) is 3.64. The van der Waals surface area contributed by atoms with E-state index in [9.17, 15) is 9.59 Å². The van der Waals surface area contributed by atoms with Gasteiger partial charge in [0, 0.05) is 33.2 Å². The van der Waals surface area contributed by atoms with E-state index >= 15 is 0 Å². The number of amides is 2. The maximum atomic E-state index is 12.1. The van der Waals surface area contributed by atoms with Crippen molar-refractivity contribution in [1.29, 1.82) is 0 Å². The lowest BCUT2D eigenvalue weighted by atomic mass is 10.1. The third-order valence-corrected chi connectivity index (χ3v) is 3.18. The number of urea groups is 1.